The number of hydrogen-bond donors (Lipinski definition) is 0. The Morgan fingerprint density at radius 3 is 1.88 bits per heavy atom. The van der Waals surface area contributed by atoms with Crippen LogP contribution in [0, 0.1) is 0 Å². The molecule has 0 radical (unpaired) electrons. The van der Waals surface area contributed by atoms with Crippen molar-refractivity contribution in [3.05, 3.63) is 66.2 Å². The number of alkyl halides is 5. The molecule has 34 heavy (non-hydrogen) atoms. The Balaban J connectivity index is 2.55. The van der Waals surface area contributed by atoms with Gasteiger partial charge in [0.25, 0.3) is 0 Å². The molecular weight excluding hydrogens is 485 g/mol. The lowest BCUT2D eigenvalue weighted by molar-refractivity contribution is -0.325. The minimum atomic E-state index is -6.19. The molecule has 0 aliphatic heterocycles. The summed E-state index contributed by atoms with van der Waals surface area (Å²) in [5, 5.41) is -0.327. The topological polar surface area (TPSA) is 72.9 Å². The maximum atomic E-state index is 14.7. The minimum absolute atomic E-state index is 0.327. The Bertz CT molecular complexity index is 1050. The molecule has 1 atom stereocenters. The Kier molecular flexibility index (Phi) is 8.30. The van der Waals surface area contributed by atoms with E-state index < -0.39 is 56.9 Å². The maximum absolute atomic E-state index is 14.7. The molecule has 0 heterocycles. The third-order valence-electron chi connectivity index (χ3n) is 4.35. The van der Waals surface area contributed by atoms with Crippen LogP contribution < -0.4 is 0 Å². The first-order valence-corrected chi connectivity index (χ1v) is 11.6. The van der Waals surface area contributed by atoms with E-state index in [0.29, 0.717) is 5.56 Å². The molecule has 0 aliphatic rings. The van der Waals surface area contributed by atoms with E-state index in [-0.39, 0.29) is 5.06 Å². The van der Waals surface area contributed by atoms with Crippen LogP contribution in [-0.4, -0.2) is 49.1 Å². The number of carbonyl (C=O) groups excluding carboxylic acids is 1. The Morgan fingerprint density at radius 2 is 1.41 bits per heavy atom. The zero-order valence-corrected chi connectivity index (χ0v) is 19.4. The highest BCUT2D eigenvalue weighted by atomic mass is 32.2. The van der Waals surface area contributed by atoms with Crippen molar-refractivity contribution >= 4 is 15.9 Å². The number of halogens is 5. The van der Waals surface area contributed by atoms with Gasteiger partial charge in [-0.25, -0.2) is 13.2 Å². The molecular formula is C22H24F5NO5S. The Morgan fingerprint density at radius 1 is 0.912 bits per heavy atom. The van der Waals surface area contributed by atoms with Crippen LogP contribution in [0.1, 0.15) is 26.3 Å². The second-order valence-electron chi connectivity index (χ2n) is 8.30. The van der Waals surface area contributed by atoms with Gasteiger partial charge in [-0.15, -0.1) is 0 Å². The number of nitrogens with zero attached hydrogens (tertiary/aromatic N) is 1. The van der Waals surface area contributed by atoms with Gasteiger partial charge in [0, 0.05) is 0 Å². The van der Waals surface area contributed by atoms with E-state index in [1.807, 2.05) is 0 Å². The molecule has 1 amide bonds. The first-order valence-electron chi connectivity index (χ1n) is 9.96. The first kappa shape index (κ1) is 27.5. The first-order chi connectivity index (χ1) is 15.5. The lowest BCUT2D eigenvalue weighted by Gasteiger charge is -2.36. The smallest absolute Gasteiger partial charge is 0.442 e. The summed E-state index contributed by atoms with van der Waals surface area (Å²) in [6.45, 7) is 3.48. The molecule has 2 rings (SSSR count). The molecule has 12 heteroatoms. The van der Waals surface area contributed by atoms with Crippen molar-refractivity contribution in [3.63, 3.8) is 0 Å². The number of benzene rings is 2. The fraction of sp³-hybridized carbons (Fsp3) is 0.409. The summed E-state index contributed by atoms with van der Waals surface area (Å²) in [4.78, 5) is 17.3. The lowest BCUT2D eigenvalue weighted by atomic mass is 10.1. The van der Waals surface area contributed by atoms with Crippen molar-refractivity contribution in [3.8, 4) is 0 Å². The summed E-state index contributed by atoms with van der Waals surface area (Å²) in [7, 11) is -4.72. The number of rotatable bonds is 8. The molecule has 2 aromatic rings. The molecule has 0 N–H and O–H groups in total. The zero-order valence-electron chi connectivity index (χ0n) is 18.6. The standard InChI is InChI=1S/C22H24F5NO5S/c1-20(2,3)33-19(29)28(32-14-16-10-6-4-7-11-16)18(21(23,24)22(25,26)27)15-34(30,31)17-12-8-5-9-13-17/h4-13,18H,14-15H2,1-3H3/t18-/m0/s1. The highest BCUT2D eigenvalue weighted by molar-refractivity contribution is 7.91. The second kappa shape index (κ2) is 10.3. The van der Waals surface area contributed by atoms with Gasteiger partial charge in [-0.3, -0.25) is 4.84 Å². The van der Waals surface area contributed by atoms with E-state index in [1.165, 1.54) is 51.1 Å². The highest BCUT2D eigenvalue weighted by Gasteiger charge is 2.66. The van der Waals surface area contributed by atoms with E-state index in [1.54, 1.807) is 18.2 Å². The van der Waals surface area contributed by atoms with Crippen LogP contribution in [0.15, 0.2) is 65.6 Å². The molecule has 0 fully saturated rings. The third-order valence-corrected chi connectivity index (χ3v) is 6.09. The summed E-state index contributed by atoms with van der Waals surface area (Å²) in [6, 6.07) is 10.5. The molecule has 0 aromatic heterocycles. The fourth-order valence-electron chi connectivity index (χ4n) is 2.74. The highest BCUT2D eigenvalue weighted by Crippen LogP contribution is 2.41. The normalized spacial score (nSPS) is 13.9. The van der Waals surface area contributed by atoms with Gasteiger partial charge in [-0.1, -0.05) is 48.5 Å². The average Bonchev–Trinajstić information content (AvgIpc) is 2.72. The van der Waals surface area contributed by atoms with E-state index in [9.17, 15) is 35.2 Å². The molecule has 0 saturated carbocycles. The van der Waals surface area contributed by atoms with Crippen LogP contribution in [0.4, 0.5) is 26.7 Å². The predicted molar refractivity (Wildman–Crippen MR) is 113 cm³/mol. The van der Waals surface area contributed by atoms with E-state index in [2.05, 4.69) is 0 Å². The molecule has 0 spiro atoms. The van der Waals surface area contributed by atoms with Crippen LogP contribution in [0.25, 0.3) is 0 Å². The number of amides is 1. The monoisotopic (exact) mass is 509 g/mol. The minimum Gasteiger partial charge on any atom is -0.442 e. The molecule has 0 saturated heterocycles. The van der Waals surface area contributed by atoms with E-state index in [0.717, 1.165) is 12.1 Å². The van der Waals surface area contributed by atoms with Crippen LogP contribution in [0.3, 0.4) is 0 Å². The van der Waals surface area contributed by atoms with Gasteiger partial charge >= 0.3 is 18.2 Å². The largest absolute Gasteiger partial charge is 0.455 e. The summed E-state index contributed by atoms with van der Waals surface area (Å²) >= 11 is 0. The molecule has 6 nitrogen and oxygen atoms in total. The second-order valence-corrected chi connectivity index (χ2v) is 10.3. The quantitative estimate of drug-likeness (QED) is 0.352. The SMILES string of the molecule is CC(C)(C)OC(=O)N(OCc1ccccc1)[C@@H](CS(=O)(=O)c1ccccc1)C(F)(F)C(F)(F)F. The molecule has 0 aliphatic carbocycles. The van der Waals surface area contributed by atoms with E-state index in [4.69, 9.17) is 9.57 Å². The number of hydroxylamine groups is 2. The van der Waals surface area contributed by atoms with Gasteiger partial charge in [-0.05, 0) is 38.5 Å². The van der Waals surface area contributed by atoms with Crippen molar-refractivity contribution < 1.29 is 44.7 Å². The van der Waals surface area contributed by atoms with Gasteiger partial charge in [0.1, 0.15) is 12.2 Å². The number of sulfone groups is 1. The molecule has 2 aromatic carbocycles. The fourth-order valence-corrected chi connectivity index (χ4v) is 4.26. The zero-order chi connectivity index (χ0) is 25.8. The van der Waals surface area contributed by atoms with Gasteiger partial charge in [-0.2, -0.15) is 27.0 Å². The van der Waals surface area contributed by atoms with Crippen LogP contribution in [-0.2, 0) is 26.0 Å². The Hall–Kier alpha value is -2.73. The van der Waals surface area contributed by atoms with Gasteiger partial charge in [0.05, 0.1) is 10.6 Å². The van der Waals surface area contributed by atoms with Crippen molar-refractivity contribution in [2.75, 3.05) is 5.75 Å². The van der Waals surface area contributed by atoms with Gasteiger partial charge in [0.15, 0.2) is 15.9 Å². The summed E-state index contributed by atoms with van der Waals surface area (Å²) < 4.78 is 100. The van der Waals surface area contributed by atoms with Crippen molar-refractivity contribution in [2.45, 2.75) is 56.0 Å². The number of ether oxygens (including phenoxy) is 1. The summed E-state index contributed by atoms with van der Waals surface area (Å²) in [5.41, 5.74) is -0.974. The van der Waals surface area contributed by atoms with Crippen LogP contribution >= 0.6 is 0 Å². The van der Waals surface area contributed by atoms with E-state index >= 15 is 0 Å². The van der Waals surface area contributed by atoms with Crippen LogP contribution in [0.5, 0.6) is 0 Å². The van der Waals surface area contributed by atoms with Gasteiger partial charge < -0.3 is 4.74 Å². The summed E-state index contributed by atoms with van der Waals surface area (Å²) in [6.07, 6.45) is -7.89. The predicted octanol–water partition coefficient (Wildman–Crippen LogP) is 5.40. The summed E-state index contributed by atoms with van der Waals surface area (Å²) in [5.74, 6) is -7.44. The van der Waals surface area contributed by atoms with Crippen molar-refractivity contribution in [1.29, 1.82) is 0 Å². The number of carbonyl (C=O) groups is 1. The van der Waals surface area contributed by atoms with Gasteiger partial charge in [0.2, 0.25) is 0 Å². The van der Waals surface area contributed by atoms with Crippen molar-refractivity contribution in [1.82, 2.24) is 5.06 Å². The number of hydrogen-bond acceptors (Lipinski definition) is 5. The maximum Gasteiger partial charge on any atom is 0.455 e. The van der Waals surface area contributed by atoms with Crippen LogP contribution in [0.2, 0.25) is 0 Å². The lowest BCUT2D eigenvalue weighted by Crippen LogP contribution is -2.60. The molecule has 0 bridgehead atoms. The van der Waals surface area contributed by atoms with Crippen molar-refractivity contribution in [2.24, 2.45) is 0 Å². The third kappa shape index (κ3) is 7.13. The Labute approximate surface area is 194 Å². The average molecular weight is 509 g/mol. The molecule has 188 valence electrons. The molecule has 0 unspecified atom stereocenters.